The fourth-order valence-electron chi connectivity index (χ4n) is 4.16. The van der Waals surface area contributed by atoms with Crippen LogP contribution >= 0.6 is 0 Å². The van der Waals surface area contributed by atoms with Crippen LogP contribution in [0.4, 0.5) is 0 Å². The van der Waals surface area contributed by atoms with Gasteiger partial charge >= 0.3 is 0 Å². The topological polar surface area (TPSA) is 0 Å². The third kappa shape index (κ3) is 5.46. The predicted octanol–water partition coefficient (Wildman–Crippen LogP) is 7.02. The summed E-state index contributed by atoms with van der Waals surface area (Å²) in [5.41, 5.74) is 0. The minimum absolute atomic E-state index is 0. The van der Waals surface area contributed by atoms with E-state index in [9.17, 15) is 0 Å². The van der Waals surface area contributed by atoms with Crippen LogP contribution < -0.4 is 0 Å². The van der Waals surface area contributed by atoms with Crippen LogP contribution in [-0.4, -0.2) is 0 Å². The van der Waals surface area contributed by atoms with Crippen molar-refractivity contribution in [1.29, 1.82) is 0 Å². The van der Waals surface area contributed by atoms with Gasteiger partial charge in [-0.05, 0) is 88.9 Å². The molecule has 0 aromatic carbocycles. The predicted molar refractivity (Wildman–Crippen MR) is 94.0 cm³/mol. The van der Waals surface area contributed by atoms with Gasteiger partial charge in [0, 0.05) is 0 Å². The Morgan fingerprint density at radius 2 is 0.850 bits per heavy atom. The Morgan fingerprint density at radius 1 is 0.550 bits per heavy atom. The highest BCUT2D eigenvalue weighted by atomic mass is 14.3. The lowest BCUT2D eigenvalue weighted by Crippen LogP contribution is -2.25. The van der Waals surface area contributed by atoms with Crippen LogP contribution in [0.25, 0.3) is 0 Å². The summed E-state index contributed by atoms with van der Waals surface area (Å²) < 4.78 is 0. The monoisotopic (exact) mass is 278 g/mol. The van der Waals surface area contributed by atoms with Crippen molar-refractivity contribution < 1.29 is 0 Å². The van der Waals surface area contributed by atoms with Gasteiger partial charge in [0.05, 0.1) is 0 Å². The molecule has 118 valence electrons. The Balaban J connectivity index is 0.00000180. The average Bonchev–Trinajstić information content (AvgIpc) is 2.41. The minimum Gasteiger partial charge on any atom is -0.0914 e. The molecule has 0 heteroatoms. The molecule has 2 rings (SSSR count). The summed E-state index contributed by atoms with van der Waals surface area (Å²) in [6.45, 7) is 4.32. The first-order valence-electron chi connectivity index (χ1n) is 8.09. The van der Waals surface area contributed by atoms with E-state index in [1.54, 1.807) is 0 Å². The molecular formula is C20H38. The van der Waals surface area contributed by atoms with Crippen LogP contribution in [0.15, 0.2) is 24.3 Å². The Labute approximate surface area is 128 Å². The summed E-state index contributed by atoms with van der Waals surface area (Å²) in [4.78, 5) is 0. The summed E-state index contributed by atoms with van der Waals surface area (Å²) >= 11 is 0. The van der Waals surface area contributed by atoms with Gasteiger partial charge < -0.3 is 0 Å². The maximum Gasteiger partial charge on any atom is -0.0233 e. The van der Waals surface area contributed by atoms with Crippen molar-refractivity contribution in [3.63, 3.8) is 0 Å². The van der Waals surface area contributed by atoms with Gasteiger partial charge in [0.1, 0.15) is 0 Å². The van der Waals surface area contributed by atoms with E-state index in [2.05, 4.69) is 38.2 Å². The van der Waals surface area contributed by atoms with E-state index in [-0.39, 0.29) is 14.9 Å². The largest absolute Gasteiger partial charge is 0.0914 e. The van der Waals surface area contributed by atoms with Crippen LogP contribution in [0.2, 0.25) is 0 Å². The van der Waals surface area contributed by atoms with Crippen molar-refractivity contribution in [1.82, 2.24) is 0 Å². The molecule has 2 aliphatic carbocycles. The van der Waals surface area contributed by atoms with Crippen molar-refractivity contribution >= 4 is 0 Å². The first kappa shape index (κ1) is 19.5. The molecular weight excluding hydrogens is 240 g/mol. The number of rotatable bonds is 3. The van der Waals surface area contributed by atoms with Crippen molar-refractivity contribution in [2.24, 2.45) is 23.7 Å². The third-order valence-electron chi connectivity index (χ3n) is 5.23. The van der Waals surface area contributed by atoms with Gasteiger partial charge in [-0.15, -0.1) is 0 Å². The van der Waals surface area contributed by atoms with E-state index in [1.807, 2.05) is 0 Å². The second kappa shape index (κ2) is 10.2. The zero-order valence-electron chi connectivity index (χ0n) is 12.3. The fourth-order valence-corrected chi connectivity index (χ4v) is 4.16. The van der Waals surface area contributed by atoms with Crippen molar-refractivity contribution in [3.8, 4) is 0 Å². The van der Waals surface area contributed by atoms with Crippen molar-refractivity contribution in [3.05, 3.63) is 24.3 Å². The zero-order valence-corrected chi connectivity index (χ0v) is 12.3. The summed E-state index contributed by atoms with van der Waals surface area (Å²) in [5.74, 6) is 3.90. The molecule has 0 radical (unpaired) electrons. The molecule has 0 nitrogen and oxygen atoms in total. The Morgan fingerprint density at radius 3 is 1.10 bits per heavy atom. The first-order valence-corrected chi connectivity index (χ1v) is 8.09. The SMILES string of the molecule is C.C.CC=CC1CCC(C2CCC(C=CC)CC2)CC1. The van der Waals surface area contributed by atoms with Crippen LogP contribution in [-0.2, 0) is 0 Å². The van der Waals surface area contributed by atoms with Gasteiger partial charge in [0.25, 0.3) is 0 Å². The molecule has 0 saturated heterocycles. The fraction of sp³-hybridized carbons (Fsp3) is 0.800. The van der Waals surface area contributed by atoms with Gasteiger partial charge in [0.15, 0.2) is 0 Å². The molecule has 0 heterocycles. The van der Waals surface area contributed by atoms with Gasteiger partial charge in [0.2, 0.25) is 0 Å². The number of hydrogen-bond acceptors (Lipinski definition) is 0. The molecule has 0 atom stereocenters. The lowest BCUT2D eigenvalue weighted by Gasteiger charge is -2.36. The summed E-state index contributed by atoms with van der Waals surface area (Å²) in [6, 6.07) is 0. The van der Waals surface area contributed by atoms with E-state index in [0.717, 1.165) is 23.7 Å². The summed E-state index contributed by atoms with van der Waals surface area (Å²) in [7, 11) is 0. The molecule has 0 spiro atoms. The van der Waals surface area contributed by atoms with Gasteiger partial charge in [-0.25, -0.2) is 0 Å². The molecule has 0 amide bonds. The van der Waals surface area contributed by atoms with E-state index in [1.165, 1.54) is 51.4 Å². The zero-order chi connectivity index (χ0) is 12.8. The molecule has 20 heavy (non-hydrogen) atoms. The molecule has 0 aromatic rings. The molecule has 0 bridgehead atoms. The third-order valence-corrected chi connectivity index (χ3v) is 5.23. The van der Waals surface area contributed by atoms with Gasteiger partial charge in [-0.1, -0.05) is 39.2 Å². The molecule has 2 fully saturated rings. The maximum absolute atomic E-state index is 2.43. The molecule has 0 aromatic heterocycles. The van der Waals surface area contributed by atoms with Gasteiger partial charge in [-0.2, -0.15) is 0 Å². The van der Waals surface area contributed by atoms with E-state index >= 15 is 0 Å². The van der Waals surface area contributed by atoms with E-state index in [4.69, 9.17) is 0 Å². The van der Waals surface area contributed by atoms with Crippen LogP contribution in [0, 0.1) is 23.7 Å². The smallest absolute Gasteiger partial charge is 0.0233 e. The average molecular weight is 279 g/mol. The normalized spacial score (nSPS) is 34.7. The number of hydrogen-bond donors (Lipinski definition) is 0. The summed E-state index contributed by atoms with van der Waals surface area (Å²) in [5, 5.41) is 0. The Hall–Kier alpha value is -0.520. The maximum atomic E-state index is 2.43. The molecule has 0 unspecified atom stereocenters. The highest BCUT2D eigenvalue weighted by Crippen LogP contribution is 2.41. The van der Waals surface area contributed by atoms with Gasteiger partial charge in [-0.3, -0.25) is 0 Å². The highest BCUT2D eigenvalue weighted by Gasteiger charge is 2.29. The molecule has 0 N–H and O–H groups in total. The standard InChI is InChI=1S/C18H30.2CH4/c1-3-5-15-7-11-17(12-8-15)18-13-9-16(6-4-2)10-14-18;;/h3-6,15-18H,7-14H2,1-2H3;2*1H4. The minimum atomic E-state index is 0. The lowest BCUT2D eigenvalue weighted by atomic mass is 9.69. The first-order chi connectivity index (χ1) is 8.83. The quantitative estimate of drug-likeness (QED) is 0.486. The van der Waals surface area contributed by atoms with E-state index < -0.39 is 0 Å². The molecule has 0 aliphatic heterocycles. The van der Waals surface area contributed by atoms with Crippen LogP contribution in [0.3, 0.4) is 0 Å². The Bertz CT molecular complexity index is 240. The molecule has 2 aliphatic rings. The second-order valence-corrected chi connectivity index (χ2v) is 6.40. The van der Waals surface area contributed by atoms with Crippen molar-refractivity contribution in [2.45, 2.75) is 80.1 Å². The van der Waals surface area contributed by atoms with Crippen molar-refractivity contribution in [2.75, 3.05) is 0 Å². The number of allylic oxidation sites excluding steroid dienone is 4. The molecule has 2 saturated carbocycles. The Kier molecular flexibility index (Phi) is 9.98. The van der Waals surface area contributed by atoms with Crippen LogP contribution in [0.1, 0.15) is 80.1 Å². The highest BCUT2D eigenvalue weighted by molar-refractivity contribution is 4.93. The summed E-state index contributed by atoms with van der Waals surface area (Å²) in [6.07, 6.45) is 21.1. The van der Waals surface area contributed by atoms with E-state index in [0.29, 0.717) is 0 Å². The van der Waals surface area contributed by atoms with Crippen LogP contribution in [0.5, 0.6) is 0 Å². The second-order valence-electron chi connectivity index (χ2n) is 6.40. The lowest BCUT2D eigenvalue weighted by molar-refractivity contribution is 0.166.